The first-order chi connectivity index (χ1) is 13.3. The number of halogens is 1. The summed E-state index contributed by atoms with van der Waals surface area (Å²) in [6.07, 6.45) is 7.13. The molecule has 0 aliphatic carbocycles. The maximum Gasteiger partial charge on any atom is 0.191 e. The molecule has 0 bridgehead atoms. The summed E-state index contributed by atoms with van der Waals surface area (Å²) in [6.45, 7) is 8.68. The zero-order chi connectivity index (χ0) is 18.9. The van der Waals surface area contributed by atoms with E-state index in [1.54, 1.807) is 6.26 Å². The van der Waals surface area contributed by atoms with Gasteiger partial charge in [0.25, 0.3) is 0 Å². The Kier molecular flexibility index (Phi) is 9.77. The number of hydrogen-bond donors (Lipinski definition) is 2. The average Bonchev–Trinajstić information content (AvgIpc) is 3.38. The van der Waals surface area contributed by atoms with Crippen LogP contribution >= 0.6 is 24.0 Å². The smallest absolute Gasteiger partial charge is 0.191 e. The Balaban J connectivity index is 0.00000280. The molecule has 3 rings (SSSR count). The van der Waals surface area contributed by atoms with Gasteiger partial charge in [0.2, 0.25) is 0 Å². The molecular weight excluding hydrogens is 465 g/mol. The zero-order valence-corrected chi connectivity index (χ0v) is 19.2. The minimum atomic E-state index is 0. The van der Waals surface area contributed by atoms with Crippen molar-refractivity contribution < 1.29 is 4.42 Å². The summed E-state index contributed by atoms with van der Waals surface area (Å²) >= 11 is 0. The molecule has 0 radical (unpaired) electrons. The molecule has 1 atom stereocenters. The number of aryl methyl sites for hydroxylation is 1. The predicted octanol–water partition coefficient (Wildman–Crippen LogP) is 3.54. The molecule has 3 heterocycles. The molecule has 1 unspecified atom stereocenters. The number of rotatable bonds is 8. The van der Waals surface area contributed by atoms with E-state index >= 15 is 0 Å². The lowest BCUT2D eigenvalue weighted by Crippen LogP contribution is -2.39. The quantitative estimate of drug-likeness (QED) is 0.332. The van der Waals surface area contributed by atoms with Crippen LogP contribution in [-0.2, 0) is 6.42 Å². The van der Waals surface area contributed by atoms with Crippen LogP contribution in [0.4, 0.5) is 0 Å². The molecule has 7 heteroatoms. The van der Waals surface area contributed by atoms with Gasteiger partial charge in [0.05, 0.1) is 18.8 Å². The van der Waals surface area contributed by atoms with E-state index in [9.17, 15) is 0 Å². The third kappa shape index (κ3) is 6.77. The van der Waals surface area contributed by atoms with Gasteiger partial charge in [-0.15, -0.1) is 24.0 Å². The van der Waals surface area contributed by atoms with Crippen LogP contribution in [-0.4, -0.2) is 48.6 Å². The molecule has 2 N–H and O–H groups in total. The lowest BCUT2D eigenvalue weighted by Gasteiger charge is -2.24. The SMILES string of the molecule is CCNC(=NCC(c1ccco1)N1CCCC1)NCCc1ccc(C)nc1.I. The highest BCUT2D eigenvalue weighted by molar-refractivity contribution is 14.0. The Bertz CT molecular complexity index is 696. The van der Waals surface area contributed by atoms with E-state index in [0.29, 0.717) is 6.54 Å². The molecule has 28 heavy (non-hydrogen) atoms. The van der Waals surface area contributed by atoms with Gasteiger partial charge in [-0.3, -0.25) is 14.9 Å². The van der Waals surface area contributed by atoms with Crippen molar-refractivity contribution in [3.8, 4) is 0 Å². The Hall–Kier alpha value is -1.61. The van der Waals surface area contributed by atoms with E-state index in [-0.39, 0.29) is 30.0 Å². The lowest BCUT2D eigenvalue weighted by atomic mass is 10.2. The number of aliphatic imine (C=N–C) groups is 1. The number of nitrogens with zero attached hydrogens (tertiary/aromatic N) is 3. The minimum Gasteiger partial charge on any atom is -0.468 e. The number of furan rings is 1. The normalized spacial score (nSPS) is 15.9. The van der Waals surface area contributed by atoms with E-state index in [2.05, 4.69) is 45.6 Å². The number of likely N-dealkylation sites (tertiary alicyclic amines) is 1. The molecule has 0 saturated carbocycles. The van der Waals surface area contributed by atoms with Gasteiger partial charge in [0, 0.05) is 25.0 Å². The van der Waals surface area contributed by atoms with Crippen molar-refractivity contribution in [2.75, 3.05) is 32.7 Å². The summed E-state index contributed by atoms with van der Waals surface area (Å²) in [7, 11) is 0. The van der Waals surface area contributed by atoms with Crippen LogP contribution in [0.3, 0.4) is 0 Å². The summed E-state index contributed by atoms with van der Waals surface area (Å²) in [5.74, 6) is 1.86. The Morgan fingerprint density at radius 1 is 1.25 bits per heavy atom. The second-order valence-electron chi connectivity index (χ2n) is 6.98. The van der Waals surface area contributed by atoms with Crippen LogP contribution in [0.2, 0.25) is 0 Å². The second-order valence-corrected chi connectivity index (χ2v) is 6.98. The largest absolute Gasteiger partial charge is 0.468 e. The highest BCUT2D eigenvalue weighted by Gasteiger charge is 2.25. The third-order valence-electron chi connectivity index (χ3n) is 4.90. The van der Waals surface area contributed by atoms with Crippen LogP contribution < -0.4 is 10.6 Å². The number of nitrogens with one attached hydrogen (secondary N) is 2. The molecule has 1 aliphatic heterocycles. The molecule has 2 aromatic rings. The maximum absolute atomic E-state index is 5.69. The van der Waals surface area contributed by atoms with Crippen molar-refractivity contribution in [3.63, 3.8) is 0 Å². The molecule has 1 fully saturated rings. The van der Waals surface area contributed by atoms with Crippen LogP contribution in [0.1, 0.15) is 42.8 Å². The highest BCUT2D eigenvalue weighted by Crippen LogP contribution is 2.25. The highest BCUT2D eigenvalue weighted by atomic mass is 127. The van der Waals surface area contributed by atoms with Gasteiger partial charge in [0.1, 0.15) is 5.76 Å². The second kappa shape index (κ2) is 12.1. The lowest BCUT2D eigenvalue weighted by molar-refractivity contribution is 0.221. The van der Waals surface area contributed by atoms with Gasteiger partial charge in [-0.2, -0.15) is 0 Å². The van der Waals surface area contributed by atoms with Gasteiger partial charge in [0.15, 0.2) is 5.96 Å². The van der Waals surface area contributed by atoms with Crippen molar-refractivity contribution in [2.24, 2.45) is 4.99 Å². The van der Waals surface area contributed by atoms with Crippen molar-refractivity contribution in [1.29, 1.82) is 0 Å². The van der Waals surface area contributed by atoms with E-state index in [1.807, 2.05) is 19.2 Å². The predicted molar refractivity (Wildman–Crippen MR) is 124 cm³/mol. The molecule has 1 saturated heterocycles. The molecule has 0 spiro atoms. The molecule has 1 aliphatic rings. The van der Waals surface area contributed by atoms with Crippen molar-refractivity contribution in [2.45, 2.75) is 39.2 Å². The standard InChI is InChI=1S/C21H31N5O.HI/c1-3-22-21(23-11-10-18-9-8-17(2)24-15-18)25-16-19(20-7-6-14-27-20)26-12-4-5-13-26;/h6-9,14-15,19H,3-5,10-13,16H2,1-2H3,(H2,22,23,25);1H. The number of guanidine groups is 1. The molecule has 2 aromatic heterocycles. The van der Waals surface area contributed by atoms with E-state index in [0.717, 1.165) is 50.0 Å². The van der Waals surface area contributed by atoms with Crippen LogP contribution in [0.25, 0.3) is 0 Å². The van der Waals surface area contributed by atoms with E-state index in [1.165, 1.54) is 18.4 Å². The van der Waals surface area contributed by atoms with Gasteiger partial charge in [-0.05, 0) is 70.0 Å². The minimum absolute atomic E-state index is 0. The summed E-state index contributed by atoms with van der Waals surface area (Å²) in [4.78, 5) is 11.7. The Labute approximate surface area is 185 Å². The molecule has 154 valence electrons. The van der Waals surface area contributed by atoms with Crippen molar-refractivity contribution >= 4 is 29.9 Å². The average molecular weight is 497 g/mol. The zero-order valence-electron chi connectivity index (χ0n) is 16.9. The maximum atomic E-state index is 5.69. The summed E-state index contributed by atoms with van der Waals surface area (Å²) in [5.41, 5.74) is 2.28. The van der Waals surface area contributed by atoms with Crippen molar-refractivity contribution in [1.82, 2.24) is 20.5 Å². The molecule has 0 aromatic carbocycles. The van der Waals surface area contributed by atoms with Crippen LogP contribution in [0, 0.1) is 6.92 Å². The summed E-state index contributed by atoms with van der Waals surface area (Å²) in [6, 6.07) is 8.41. The first kappa shape index (κ1) is 22.7. The molecule has 0 amide bonds. The molecule has 6 nitrogen and oxygen atoms in total. The number of hydrogen-bond acceptors (Lipinski definition) is 4. The monoisotopic (exact) mass is 497 g/mol. The summed E-state index contributed by atoms with van der Waals surface area (Å²) in [5, 5.41) is 6.78. The Morgan fingerprint density at radius 3 is 2.71 bits per heavy atom. The van der Waals surface area contributed by atoms with E-state index < -0.39 is 0 Å². The summed E-state index contributed by atoms with van der Waals surface area (Å²) < 4.78 is 5.69. The number of aromatic nitrogens is 1. The molecular formula is C21H32IN5O. The first-order valence-electron chi connectivity index (χ1n) is 9.97. The van der Waals surface area contributed by atoms with Crippen LogP contribution in [0.15, 0.2) is 46.1 Å². The van der Waals surface area contributed by atoms with Gasteiger partial charge in [-0.25, -0.2) is 0 Å². The van der Waals surface area contributed by atoms with Gasteiger partial charge < -0.3 is 15.1 Å². The third-order valence-corrected chi connectivity index (χ3v) is 4.90. The van der Waals surface area contributed by atoms with Gasteiger partial charge in [-0.1, -0.05) is 6.07 Å². The van der Waals surface area contributed by atoms with Gasteiger partial charge >= 0.3 is 0 Å². The number of pyridine rings is 1. The fourth-order valence-electron chi connectivity index (χ4n) is 3.41. The topological polar surface area (TPSA) is 65.7 Å². The fourth-order valence-corrected chi connectivity index (χ4v) is 3.41. The Morgan fingerprint density at radius 2 is 2.07 bits per heavy atom. The van der Waals surface area contributed by atoms with E-state index in [4.69, 9.17) is 9.41 Å². The fraction of sp³-hybridized carbons (Fsp3) is 0.524. The van der Waals surface area contributed by atoms with Crippen molar-refractivity contribution in [3.05, 3.63) is 53.7 Å². The first-order valence-corrected chi connectivity index (χ1v) is 9.97. The van der Waals surface area contributed by atoms with Crippen LogP contribution in [0.5, 0.6) is 0 Å².